The number of halogens is 1. The smallest absolute Gasteiger partial charge is 0.123 e. The molecule has 0 amide bonds. The van der Waals surface area contributed by atoms with Crippen molar-refractivity contribution in [3.63, 3.8) is 0 Å². The molecule has 0 bridgehead atoms. The van der Waals surface area contributed by atoms with Crippen LogP contribution in [0.2, 0.25) is 0 Å². The Hall–Kier alpha value is -0.930. The van der Waals surface area contributed by atoms with Crippen LogP contribution < -0.4 is 5.73 Å². The van der Waals surface area contributed by atoms with Crippen LogP contribution in [0.4, 0.5) is 4.39 Å². The summed E-state index contributed by atoms with van der Waals surface area (Å²) in [4.78, 5) is 0. The second-order valence-electron chi connectivity index (χ2n) is 4.62. The van der Waals surface area contributed by atoms with E-state index in [-0.39, 0.29) is 11.7 Å². The number of aliphatic hydroxyl groups is 1. The van der Waals surface area contributed by atoms with Gasteiger partial charge in [0.05, 0.1) is 6.10 Å². The van der Waals surface area contributed by atoms with Crippen LogP contribution in [0.1, 0.15) is 31.9 Å². The Morgan fingerprint density at radius 3 is 2.25 bits per heavy atom. The lowest BCUT2D eigenvalue weighted by molar-refractivity contribution is 0.0994. The van der Waals surface area contributed by atoms with E-state index in [1.165, 1.54) is 12.1 Å². The minimum Gasteiger partial charge on any atom is -0.388 e. The number of hydrogen-bond acceptors (Lipinski definition) is 2. The molecule has 0 radical (unpaired) electrons. The third kappa shape index (κ3) is 3.58. The van der Waals surface area contributed by atoms with Gasteiger partial charge in [-0.05, 0) is 36.6 Å². The summed E-state index contributed by atoms with van der Waals surface area (Å²) in [7, 11) is 0. The van der Waals surface area contributed by atoms with Gasteiger partial charge in [0.2, 0.25) is 0 Å². The molecule has 0 fully saturated rings. The topological polar surface area (TPSA) is 46.2 Å². The van der Waals surface area contributed by atoms with E-state index >= 15 is 0 Å². The van der Waals surface area contributed by atoms with Crippen LogP contribution in [0.15, 0.2) is 24.3 Å². The SMILES string of the molecule is CC(C)CC(CN)C(O)c1ccc(F)cc1. The maximum atomic E-state index is 12.7. The van der Waals surface area contributed by atoms with E-state index in [4.69, 9.17) is 5.73 Å². The molecule has 90 valence electrons. The van der Waals surface area contributed by atoms with E-state index in [0.717, 1.165) is 12.0 Å². The quantitative estimate of drug-likeness (QED) is 0.808. The first-order valence-electron chi connectivity index (χ1n) is 5.68. The largest absolute Gasteiger partial charge is 0.388 e. The molecule has 3 N–H and O–H groups in total. The zero-order valence-electron chi connectivity index (χ0n) is 9.86. The van der Waals surface area contributed by atoms with Gasteiger partial charge in [-0.15, -0.1) is 0 Å². The van der Waals surface area contributed by atoms with Gasteiger partial charge in [0.15, 0.2) is 0 Å². The zero-order valence-corrected chi connectivity index (χ0v) is 9.86. The summed E-state index contributed by atoms with van der Waals surface area (Å²) in [5, 5.41) is 10.1. The average molecular weight is 225 g/mol. The Kier molecular flexibility index (Phi) is 4.90. The minimum absolute atomic E-state index is 0.0328. The molecule has 1 aromatic rings. The summed E-state index contributed by atoms with van der Waals surface area (Å²) in [6.45, 7) is 4.64. The van der Waals surface area contributed by atoms with Crippen molar-refractivity contribution in [2.75, 3.05) is 6.54 Å². The molecule has 1 aromatic carbocycles. The fourth-order valence-electron chi connectivity index (χ4n) is 1.89. The van der Waals surface area contributed by atoms with Crippen molar-refractivity contribution in [3.05, 3.63) is 35.6 Å². The van der Waals surface area contributed by atoms with Crippen molar-refractivity contribution in [3.8, 4) is 0 Å². The fraction of sp³-hybridized carbons (Fsp3) is 0.538. The third-order valence-corrected chi connectivity index (χ3v) is 2.73. The standard InChI is InChI=1S/C13H20FNO/c1-9(2)7-11(8-15)13(16)10-3-5-12(14)6-4-10/h3-6,9,11,13,16H,7-8,15H2,1-2H3. The van der Waals surface area contributed by atoms with Crippen molar-refractivity contribution in [2.45, 2.75) is 26.4 Å². The Balaban J connectivity index is 2.74. The molecule has 0 aromatic heterocycles. The summed E-state index contributed by atoms with van der Waals surface area (Å²) in [5.74, 6) is 0.234. The highest BCUT2D eigenvalue weighted by molar-refractivity contribution is 5.19. The molecule has 3 heteroatoms. The van der Waals surface area contributed by atoms with Crippen LogP contribution in [0.25, 0.3) is 0 Å². The van der Waals surface area contributed by atoms with Gasteiger partial charge in [-0.1, -0.05) is 26.0 Å². The molecule has 0 aliphatic heterocycles. The van der Waals surface area contributed by atoms with E-state index in [0.29, 0.717) is 12.5 Å². The summed E-state index contributed by atoms with van der Waals surface area (Å²) in [6, 6.07) is 5.95. The zero-order chi connectivity index (χ0) is 12.1. The lowest BCUT2D eigenvalue weighted by Gasteiger charge is -2.23. The average Bonchev–Trinajstić information content (AvgIpc) is 2.25. The summed E-state index contributed by atoms with van der Waals surface area (Å²) in [6.07, 6.45) is 0.266. The molecule has 2 atom stereocenters. The Bertz CT molecular complexity index is 310. The molecule has 0 saturated heterocycles. The van der Waals surface area contributed by atoms with Crippen LogP contribution in [0.3, 0.4) is 0 Å². The Morgan fingerprint density at radius 2 is 1.81 bits per heavy atom. The molecule has 0 spiro atoms. The third-order valence-electron chi connectivity index (χ3n) is 2.73. The molecule has 1 rings (SSSR count). The van der Waals surface area contributed by atoms with Crippen molar-refractivity contribution in [1.29, 1.82) is 0 Å². The molecule has 2 nitrogen and oxygen atoms in total. The van der Waals surface area contributed by atoms with Crippen LogP contribution in [0, 0.1) is 17.7 Å². The highest BCUT2D eigenvalue weighted by atomic mass is 19.1. The number of benzene rings is 1. The van der Waals surface area contributed by atoms with E-state index in [2.05, 4.69) is 13.8 Å². The van der Waals surface area contributed by atoms with Crippen LogP contribution >= 0.6 is 0 Å². The van der Waals surface area contributed by atoms with E-state index < -0.39 is 6.10 Å². The number of hydrogen-bond donors (Lipinski definition) is 2. The van der Waals surface area contributed by atoms with Gasteiger partial charge in [-0.3, -0.25) is 0 Å². The van der Waals surface area contributed by atoms with Crippen LogP contribution in [-0.2, 0) is 0 Å². The first kappa shape index (κ1) is 13.1. The van der Waals surface area contributed by atoms with Crippen molar-refractivity contribution in [2.24, 2.45) is 17.6 Å². The molecule has 0 aliphatic carbocycles. The van der Waals surface area contributed by atoms with Crippen molar-refractivity contribution in [1.82, 2.24) is 0 Å². The fourth-order valence-corrected chi connectivity index (χ4v) is 1.89. The molecule has 0 heterocycles. The number of rotatable bonds is 5. The van der Waals surface area contributed by atoms with Crippen LogP contribution in [-0.4, -0.2) is 11.7 Å². The second-order valence-corrected chi connectivity index (χ2v) is 4.62. The molecular weight excluding hydrogens is 205 g/mol. The normalized spacial score (nSPS) is 15.1. The highest BCUT2D eigenvalue weighted by Crippen LogP contribution is 2.26. The monoisotopic (exact) mass is 225 g/mol. The first-order chi connectivity index (χ1) is 7.54. The van der Waals surface area contributed by atoms with E-state index in [9.17, 15) is 9.50 Å². The minimum atomic E-state index is -0.604. The van der Waals surface area contributed by atoms with Gasteiger partial charge in [0.1, 0.15) is 5.82 Å². The van der Waals surface area contributed by atoms with Gasteiger partial charge in [-0.2, -0.15) is 0 Å². The molecule has 0 saturated carbocycles. The van der Waals surface area contributed by atoms with E-state index in [1.54, 1.807) is 12.1 Å². The highest BCUT2D eigenvalue weighted by Gasteiger charge is 2.20. The molecule has 16 heavy (non-hydrogen) atoms. The predicted molar refractivity (Wildman–Crippen MR) is 63.4 cm³/mol. The summed E-state index contributed by atoms with van der Waals surface area (Å²) < 4.78 is 12.7. The van der Waals surface area contributed by atoms with Gasteiger partial charge in [-0.25, -0.2) is 4.39 Å². The van der Waals surface area contributed by atoms with Gasteiger partial charge < -0.3 is 10.8 Å². The van der Waals surface area contributed by atoms with Crippen LogP contribution in [0.5, 0.6) is 0 Å². The van der Waals surface area contributed by atoms with E-state index in [1.807, 2.05) is 0 Å². The lowest BCUT2D eigenvalue weighted by Crippen LogP contribution is -2.23. The maximum Gasteiger partial charge on any atom is 0.123 e. The molecular formula is C13H20FNO. The maximum absolute atomic E-state index is 12.7. The van der Waals surface area contributed by atoms with Gasteiger partial charge >= 0.3 is 0 Å². The Labute approximate surface area is 96.3 Å². The van der Waals surface area contributed by atoms with Crippen molar-refractivity contribution < 1.29 is 9.50 Å². The molecule has 0 aliphatic rings. The number of nitrogens with two attached hydrogens (primary N) is 1. The van der Waals surface area contributed by atoms with Crippen molar-refractivity contribution >= 4 is 0 Å². The first-order valence-corrected chi connectivity index (χ1v) is 5.68. The Morgan fingerprint density at radius 1 is 1.25 bits per heavy atom. The molecule has 2 unspecified atom stereocenters. The predicted octanol–water partition coefficient (Wildman–Crippen LogP) is 2.48. The van der Waals surface area contributed by atoms with Gasteiger partial charge in [0, 0.05) is 5.92 Å². The lowest BCUT2D eigenvalue weighted by atomic mass is 9.88. The van der Waals surface area contributed by atoms with Gasteiger partial charge in [0.25, 0.3) is 0 Å². The summed E-state index contributed by atoms with van der Waals surface area (Å²) >= 11 is 0. The summed E-state index contributed by atoms with van der Waals surface area (Å²) in [5.41, 5.74) is 6.39. The number of aliphatic hydroxyl groups excluding tert-OH is 1. The second kappa shape index (κ2) is 5.97.